The van der Waals surface area contributed by atoms with Gasteiger partial charge in [-0.3, -0.25) is 0 Å². The summed E-state index contributed by atoms with van der Waals surface area (Å²) in [5, 5.41) is 8.14. The van der Waals surface area contributed by atoms with Crippen LogP contribution in [-0.2, 0) is 29.2 Å². The van der Waals surface area contributed by atoms with Gasteiger partial charge in [0.2, 0.25) is 0 Å². The average molecular weight is 243 g/mol. The van der Waals surface area contributed by atoms with Crippen LogP contribution in [0, 0.1) is 0 Å². The normalized spacial score (nSPS) is 16.1. The highest BCUT2D eigenvalue weighted by atomic mass is 32.2. The van der Waals surface area contributed by atoms with Crippen molar-refractivity contribution in [1.29, 1.82) is 0 Å². The van der Waals surface area contributed by atoms with E-state index in [4.69, 9.17) is 0 Å². The molecule has 0 radical (unpaired) electrons. The molecule has 0 saturated carbocycles. The molecule has 1 aliphatic rings. The van der Waals surface area contributed by atoms with Gasteiger partial charge in [-0.25, -0.2) is 13.1 Å². The molecular formula is C10H17N3O2S. The van der Waals surface area contributed by atoms with Crippen LogP contribution in [0.4, 0.5) is 0 Å². The van der Waals surface area contributed by atoms with Gasteiger partial charge in [0, 0.05) is 5.75 Å². The van der Waals surface area contributed by atoms with Gasteiger partial charge in [-0.15, -0.1) is 5.10 Å². The van der Waals surface area contributed by atoms with Crippen LogP contribution < -0.4 is 0 Å². The lowest BCUT2D eigenvalue weighted by Crippen LogP contribution is -2.18. The molecule has 0 amide bonds. The maximum absolute atomic E-state index is 11.4. The summed E-state index contributed by atoms with van der Waals surface area (Å²) in [6, 6.07) is 0. The van der Waals surface area contributed by atoms with E-state index >= 15 is 0 Å². The van der Waals surface area contributed by atoms with Gasteiger partial charge in [-0.1, -0.05) is 12.1 Å². The summed E-state index contributed by atoms with van der Waals surface area (Å²) >= 11 is 0. The zero-order valence-electron chi connectivity index (χ0n) is 9.52. The Labute approximate surface area is 95.8 Å². The maximum Gasteiger partial charge on any atom is 0.151 e. The number of rotatable bonds is 4. The minimum Gasteiger partial charge on any atom is -0.248 e. The number of nitrogens with zero attached hydrogens (tertiary/aromatic N) is 3. The summed E-state index contributed by atoms with van der Waals surface area (Å²) in [4.78, 5) is 0. The Morgan fingerprint density at radius 2 is 2.06 bits per heavy atom. The van der Waals surface area contributed by atoms with Gasteiger partial charge in [0.25, 0.3) is 0 Å². The predicted octanol–water partition coefficient (Wildman–Crippen LogP) is 0.592. The van der Waals surface area contributed by atoms with Gasteiger partial charge in [0.15, 0.2) is 9.84 Å². The van der Waals surface area contributed by atoms with Crippen LogP contribution in [0.15, 0.2) is 0 Å². The number of hydrogen-bond acceptors (Lipinski definition) is 4. The molecule has 0 saturated heterocycles. The third-order valence-electron chi connectivity index (χ3n) is 3.05. The zero-order chi connectivity index (χ0) is 11.6. The molecule has 90 valence electrons. The molecule has 16 heavy (non-hydrogen) atoms. The molecule has 2 rings (SSSR count). The largest absolute Gasteiger partial charge is 0.248 e. The molecule has 5 nitrogen and oxygen atoms in total. The van der Waals surface area contributed by atoms with Crippen molar-refractivity contribution in [2.75, 3.05) is 11.5 Å². The van der Waals surface area contributed by atoms with Crippen molar-refractivity contribution in [1.82, 2.24) is 15.0 Å². The van der Waals surface area contributed by atoms with Crippen LogP contribution in [0.3, 0.4) is 0 Å². The van der Waals surface area contributed by atoms with Crippen molar-refractivity contribution in [3.8, 4) is 0 Å². The SMILES string of the molecule is CCS(=O)(=O)CCn1nnc2c1CCCC2. The molecule has 0 aliphatic heterocycles. The third kappa shape index (κ3) is 2.42. The van der Waals surface area contributed by atoms with Crippen LogP contribution in [0.2, 0.25) is 0 Å². The highest BCUT2D eigenvalue weighted by molar-refractivity contribution is 7.91. The molecule has 0 atom stereocenters. The van der Waals surface area contributed by atoms with E-state index in [0.717, 1.165) is 30.7 Å². The molecule has 1 aromatic heterocycles. The number of aryl methyl sites for hydroxylation is 2. The second-order valence-corrected chi connectivity index (χ2v) is 6.62. The molecule has 0 fully saturated rings. The molecule has 1 heterocycles. The monoisotopic (exact) mass is 243 g/mol. The fourth-order valence-electron chi connectivity index (χ4n) is 1.97. The van der Waals surface area contributed by atoms with E-state index in [1.54, 1.807) is 11.6 Å². The summed E-state index contributed by atoms with van der Waals surface area (Å²) in [5.74, 6) is 0.364. The second kappa shape index (κ2) is 4.53. The number of sulfone groups is 1. The lowest BCUT2D eigenvalue weighted by Gasteiger charge is -2.11. The lowest BCUT2D eigenvalue weighted by molar-refractivity contribution is 0.557. The fraction of sp³-hybridized carbons (Fsp3) is 0.800. The first kappa shape index (κ1) is 11.6. The molecule has 1 aliphatic carbocycles. The smallest absolute Gasteiger partial charge is 0.151 e. The molecule has 0 spiro atoms. The third-order valence-corrected chi connectivity index (χ3v) is 4.73. The van der Waals surface area contributed by atoms with E-state index < -0.39 is 9.84 Å². The van der Waals surface area contributed by atoms with E-state index in [2.05, 4.69) is 10.3 Å². The van der Waals surface area contributed by atoms with E-state index in [9.17, 15) is 8.42 Å². The van der Waals surface area contributed by atoms with E-state index in [1.807, 2.05) is 0 Å². The quantitative estimate of drug-likeness (QED) is 0.776. The van der Waals surface area contributed by atoms with Gasteiger partial charge in [-0.05, 0) is 25.7 Å². The van der Waals surface area contributed by atoms with Crippen LogP contribution in [0.25, 0.3) is 0 Å². The van der Waals surface area contributed by atoms with Gasteiger partial charge in [-0.2, -0.15) is 0 Å². The molecule has 0 aromatic carbocycles. The van der Waals surface area contributed by atoms with E-state index in [0.29, 0.717) is 6.54 Å². The molecular weight excluding hydrogens is 226 g/mol. The Morgan fingerprint density at radius 3 is 2.81 bits per heavy atom. The summed E-state index contributed by atoms with van der Waals surface area (Å²) in [6.45, 7) is 2.12. The average Bonchev–Trinajstić information content (AvgIpc) is 2.70. The van der Waals surface area contributed by atoms with Gasteiger partial charge in [0.05, 0.1) is 23.7 Å². The Morgan fingerprint density at radius 1 is 1.31 bits per heavy atom. The molecule has 1 aromatic rings. The summed E-state index contributed by atoms with van der Waals surface area (Å²) in [6.07, 6.45) is 4.28. The van der Waals surface area contributed by atoms with E-state index in [-0.39, 0.29) is 11.5 Å². The van der Waals surface area contributed by atoms with Crippen molar-refractivity contribution in [2.24, 2.45) is 0 Å². The molecule has 0 N–H and O–H groups in total. The Kier molecular flexibility index (Phi) is 3.28. The minimum absolute atomic E-state index is 0.166. The molecule has 6 heteroatoms. The van der Waals surface area contributed by atoms with Crippen LogP contribution in [0.1, 0.15) is 31.2 Å². The summed E-state index contributed by atoms with van der Waals surface area (Å²) in [7, 11) is -2.91. The topological polar surface area (TPSA) is 64.8 Å². The molecule has 0 unspecified atom stereocenters. The Bertz CT molecular complexity index is 464. The summed E-state index contributed by atoms with van der Waals surface area (Å²) in [5.41, 5.74) is 2.19. The van der Waals surface area contributed by atoms with Gasteiger partial charge >= 0.3 is 0 Å². The lowest BCUT2D eigenvalue weighted by atomic mass is 10.0. The molecule has 0 bridgehead atoms. The first-order valence-electron chi connectivity index (χ1n) is 5.74. The van der Waals surface area contributed by atoms with Gasteiger partial charge in [0.1, 0.15) is 0 Å². The van der Waals surface area contributed by atoms with E-state index in [1.165, 1.54) is 6.42 Å². The van der Waals surface area contributed by atoms with Crippen LogP contribution in [0.5, 0.6) is 0 Å². The first-order valence-corrected chi connectivity index (χ1v) is 7.56. The highest BCUT2D eigenvalue weighted by Gasteiger charge is 2.17. The number of hydrogen-bond donors (Lipinski definition) is 0. The fourth-order valence-corrected chi connectivity index (χ4v) is 2.71. The van der Waals surface area contributed by atoms with Crippen LogP contribution >= 0.6 is 0 Å². The number of fused-ring (bicyclic) bond motifs is 1. The van der Waals surface area contributed by atoms with Crippen molar-refractivity contribution in [3.05, 3.63) is 11.4 Å². The van der Waals surface area contributed by atoms with Crippen molar-refractivity contribution >= 4 is 9.84 Å². The first-order chi connectivity index (χ1) is 7.62. The Hall–Kier alpha value is -0.910. The van der Waals surface area contributed by atoms with Gasteiger partial charge < -0.3 is 0 Å². The maximum atomic E-state index is 11.4. The number of aromatic nitrogens is 3. The van der Waals surface area contributed by atoms with Crippen LogP contribution in [-0.4, -0.2) is 34.9 Å². The minimum atomic E-state index is -2.91. The summed E-state index contributed by atoms with van der Waals surface area (Å²) < 4.78 is 24.6. The zero-order valence-corrected chi connectivity index (χ0v) is 10.3. The predicted molar refractivity (Wildman–Crippen MR) is 61.0 cm³/mol. The highest BCUT2D eigenvalue weighted by Crippen LogP contribution is 2.18. The van der Waals surface area contributed by atoms with Crippen molar-refractivity contribution in [2.45, 2.75) is 39.2 Å². The second-order valence-electron chi connectivity index (χ2n) is 4.15. The Balaban J connectivity index is 2.08. The standard InChI is InChI=1S/C10H17N3O2S/c1-2-16(14,15)8-7-13-10-6-4-3-5-9(10)11-12-13/h2-8H2,1H3. The van der Waals surface area contributed by atoms with Crippen molar-refractivity contribution in [3.63, 3.8) is 0 Å². The van der Waals surface area contributed by atoms with Crippen molar-refractivity contribution < 1.29 is 8.42 Å².